The third-order valence-electron chi connectivity index (χ3n) is 3.61. The van der Waals surface area contributed by atoms with Gasteiger partial charge in [0.2, 0.25) is 0 Å². The minimum absolute atomic E-state index is 0.0985. The molecule has 4 rings (SSSR count). The molecule has 0 amide bonds. The minimum atomic E-state index is -1.42. The summed E-state index contributed by atoms with van der Waals surface area (Å²) in [6, 6.07) is 20.4. The summed E-state index contributed by atoms with van der Waals surface area (Å²) in [6.45, 7) is 0. The Kier molecular flexibility index (Phi) is 4.38. The Morgan fingerprint density at radius 1 is 0.583 bits per heavy atom. The first-order valence-corrected chi connectivity index (χ1v) is 7.26. The third-order valence-corrected chi connectivity index (χ3v) is 3.61. The van der Waals surface area contributed by atoms with Crippen molar-refractivity contribution in [3.63, 3.8) is 0 Å². The van der Waals surface area contributed by atoms with E-state index in [4.69, 9.17) is 5.11 Å². The van der Waals surface area contributed by atoms with Crippen LogP contribution in [-0.2, 0) is 0 Å². The van der Waals surface area contributed by atoms with Gasteiger partial charge in [-0.3, -0.25) is 0 Å². The van der Waals surface area contributed by atoms with E-state index in [2.05, 4.69) is 0 Å². The van der Waals surface area contributed by atoms with Gasteiger partial charge < -0.3 is 5.11 Å². The molecule has 0 saturated carbocycles. The van der Waals surface area contributed by atoms with Crippen LogP contribution in [0.25, 0.3) is 21.5 Å². The van der Waals surface area contributed by atoms with Crippen LogP contribution >= 0.6 is 0 Å². The van der Waals surface area contributed by atoms with Crippen molar-refractivity contribution >= 4 is 21.5 Å². The Labute approximate surface area is 136 Å². The summed E-state index contributed by atoms with van der Waals surface area (Å²) in [4.78, 5) is 0. The van der Waals surface area contributed by atoms with Crippen LogP contribution in [0.5, 0.6) is 5.75 Å². The summed E-state index contributed by atoms with van der Waals surface area (Å²) < 4.78 is 38.4. The van der Waals surface area contributed by atoms with E-state index in [0.29, 0.717) is 11.1 Å². The molecule has 0 saturated heterocycles. The number of fused-ring (bicyclic) bond motifs is 2. The summed E-state index contributed by atoms with van der Waals surface area (Å²) in [5.41, 5.74) is 0. The van der Waals surface area contributed by atoms with Gasteiger partial charge >= 0.3 is 0 Å². The molecule has 0 aliphatic carbocycles. The van der Waals surface area contributed by atoms with Crippen LogP contribution in [0.3, 0.4) is 0 Å². The number of phenolic OH excluding ortho intramolecular Hbond substituents is 1. The largest absolute Gasteiger partial charge is 0.508 e. The first kappa shape index (κ1) is 15.9. The number of halogens is 3. The Morgan fingerprint density at radius 2 is 1.21 bits per heavy atom. The summed E-state index contributed by atoms with van der Waals surface area (Å²) in [6.07, 6.45) is 0. The SMILES string of the molecule is Fc1cc2ccccc2c(F)c1F.Oc1ccc2ccccc2c1. The normalized spacial score (nSPS) is 10.5. The molecule has 0 heterocycles. The van der Waals surface area contributed by atoms with Crippen molar-refractivity contribution in [2.45, 2.75) is 0 Å². The van der Waals surface area contributed by atoms with Crippen LogP contribution < -0.4 is 0 Å². The molecule has 0 fully saturated rings. The maximum atomic E-state index is 13.0. The van der Waals surface area contributed by atoms with E-state index in [-0.39, 0.29) is 5.39 Å². The molecule has 4 aromatic rings. The highest BCUT2D eigenvalue weighted by molar-refractivity contribution is 5.84. The molecule has 24 heavy (non-hydrogen) atoms. The highest BCUT2D eigenvalue weighted by Crippen LogP contribution is 2.22. The zero-order chi connectivity index (χ0) is 17.1. The van der Waals surface area contributed by atoms with Crippen molar-refractivity contribution in [1.29, 1.82) is 0 Å². The van der Waals surface area contributed by atoms with Crippen molar-refractivity contribution in [3.8, 4) is 5.75 Å². The third kappa shape index (κ3) is 3.18. The lowest BCUT2D eigenvalue weighted by Gasteiger charge is -2.00. The molecule has 0 aliphatic heterocycles. The summed E-state index contributed by atoms with van der Waals surface area (Å²) in [5.74, 6) is -3.38. The van der Waals surface area contributed by atoms with Gasteiger partial charge in [-0.15, -0.1) is 0 Å². The Hall–Kier alpha value is -3.01. The summed E-state index contributed by atoms with van der Waals surface area (Å²) >= 11 is 0. The second kappa shape index (κ2) is 6.62. The zero-order valence-corrected chi connectivity index (χ0v) is 12.5. The van der Waals surface area contributed by atoms with E-state index < -0.39 is 17.5 Å². The molecular formula is C20H13F3O. The Bertz CT molecular complexity index is 1010. The van der Waals surface area contributed by atoms with Gasteiger partial charge in [0, 0.05) is 5.39 Å². The van der Waals surface area contributed by atoms with Crippen LogP contribution in [0.4, 0.5) is 13.2 Å². The molecule has 0 atom stereocenters. The fraction of sp³-hybridized carbons (Fsp3) is 0. The lowest BCUT2D eigenvalue weighted by atomic mass is 10.1. The molecule has 0 unspecified atom stereocenters. The van der Waals surface area contributed by atoms with Crippen molar-refractivity contribution in [3.05, 3.63) is 90.2 Å². The number of rotatable bonds is 0. The van der Waals surface area contributed by atoms with Crippen LogP contribution in [0.1, 0.15) is 0 Å². The van der Waals surface area contributed by atoms with Gasteiger partial charge in [-0.2, -0.15) is 0 Å². The van der Waals surface area contributed by atoms with E-state index in [1.165, 1.54) is 12.1 Å². The molecule has 0 bridgehead atoms. The first-order valence-electron chi connectivity index (χ1n) is 7.26. The molecule has 1 nitrogen and oxygen atoms in total. The highest BCUT2D eigenvalue weighted by atomic mass is 19.2. The van der Waals surface area contributed by atoms with Crippen molar-refractivity contribution in [1.82, 2.24) is 0 Å². The average Bonchev–Trinajstić information content (AvgIpc) is 2.60. The second-order valence-electron chi connectivity index (χ2n) is 5.24. The van der Waals surface area contributed by atoms with Gasteiger partial charge in [-0.1, -0.05) is 54.6 Å². The quantitative estimate of drug-likeness (QED) is 0.405. The van der Waals surface area contributed by atoms with E-state index in [0.717, 1.165) is 16.8 Å². The zero-order valence-electron chi connectivity index (χ0n) is 12.5. The minimum Gasteiger partial charge on any atom is -0.508 e. The predicted molar refractivity (Wildman–Crippen MR) is 89.4 cm³/mol. The maximum Gasteiger partial charge on any atom is 0.195 e. The van der Waals surface area contributed by atoms with Crippen molar-refractivity contribution in [2.24, 2.45) is 0 Å². The van der Waals surface area contributed by atoms with Gasteiger partial charge in [0.05, 0.1) is 0 Å². The molecule has 0 aromatic heterocycles. The first-order chi connectivity index (χ1) is 11.6. The van der Waals surface area contributed by atoms with Crippen LogP contribution in [0, 0.1) is 17.5 Å². The van der Waals surface area contributed by atoms with E-state index in [9.17, 15) is 13.2 Å². The number of hydrogen-bond donors (Lipinski definition) is 1. The van der Waals surface area contributed by atoms with Crippen LogP contribution in [-0.4, -0.2) is 5.11 Å². The topological polar surface area (TPSA) is 20.2 Å². The summed E-state index contributed by atoms with van der Waals surface area (Å²) in [7, 11) is 0. The Balaban J connectivity index is 0.000000143. The molecule has 0 spiro atoms. The lowest BCUT2D eigenvalue weighted by molar-refractivity contribution is 0.453. The molecule has 1 N–H and O–H groups in total. The molecular weight excluding hydrogens is 313 g/mol. The van der Waals surface area contributed by atoms with E-state index >= 15 is 0 Å². The van der Waals surface area contributed by atoms with Gasteiger partial charge in [0.25, 0.3) is 0 Å². The van der Waals surface area contributed by atoms with Crippen molar-refractivity contribution < 1.29 is 18.3 Å². The predicted octanol–water partition coefficient (Wildman–Crippen LogP) is 5.80. The maximum absolute atomic E-state index is 13.0. The fourth-order valence-corrected chi connectivity index (χ4v) is 2.42. The van der Waals surface area contributed by atoms with Crippen LogP contribution in [0.2, 0.25) is 0 Å². The highest BCUT2D eigenvalue weighted by Gasteiger charge is 2.12. The fourth-order valence-electron chi connectivity index (χ4n) is 2.42. The molecule has 4 heteroatoms. The second-order valence-corrected chi connectivity index (χ2v) is 5.24. The standard InChI is InChI=1S/C10H5F3.C10H8O/c11-8-5-6-3-1-2-4-7(6)9(12)10(8)13;11-10-6-5-8-3-1-2-4-9(8)7-10/h1-5H;1-7,11H. The number of hydrogen-bond acceptors (Lipinski definition) is 1. The number of phenols is 1. The van der Waals surface area contributed by atoms with Gasteiger partial charge in [-0.25, -0.2) is 13.2 Å². The molecule has 0 radical (unpaired) electrons. The number of aromatic hydroxyl groups is 1. The average molecular weight is 326 g/mol. The smallest absolute Gasteiger partial charge is 0.195 e. The number of benzene rings is 4. The summed E-state index contributed by atoms with van der Waals surface area (Å²) in [5, 5.41) is 11.8. The van der Waals surface area contributed by atoms with E-state index in [1.54, 1.807) is 24.3 Å². The molecule has 0 aliphatic rings. The van der Waals surface area contributed by atoms with Gasteiger partial charge in [-0.05, 0) is 34.4 Å². The van der Waals surface area contributed by atoms with Crippen LogP contribution in [0.15, 0.2) is 72.8 Å². The van der Waals surface area contributed by atoms with Crippen molar-refractivity contribution in [2.75, 3.05) is 0 Å². The molecule has 4 aromatic carbocycles. The van der Waals surface area contributed by atoms with Gasteiger partial charge in [0.15, 0.2) is 17.5 Å². The Morgan fingerprint density at radius 3 is 1.96 bits per heavy atom. The van der Waals surface area contributed by atoms with E-state index in [1.807, 2.05) is 30.3 Å². The van der Waals surface area contributed by atoms with Gasteiger partial charge in [0.1, 0.15) is 5.75 Å². The lowest BCUT2D eigenvalue weighted by Crippen LogP contribution is -1.91. The molecule has 120 valence electrons. The monoisotopic (exact) mass is 326 g/mol.